The molecule has 4 aromatic rings. The van der Waals surface area contributed by atoms with Crippen LogP contribution in [-0.4, -0.2) is 79.9 Å². The second-order valence-corrected chi connectivity index (χ2v) is 12.6. The molecular weight excluding hydrogens is 592 g/mol. The molecule has 43 heavy (non-hydrogen) atoms. The summed E-state index contributed by atoms with van der Waals surface area (Å²) in [6, 6.07) is 19.3. The fourth-order valence-corrected chi connectivity index (χ4v) is 6.36. The fourth-order valence-electron chi connectivity index (χ4n) is 4.82. The molecule has 5 rings (SSSR count). The number of H-pyrrole nitrogens is 1. The second kappa shape index (κ2) is 12.9. The van der Waals surface area contributed by atoms with Crippen LogP contribution in [0.15, 0.2) is 87.9 Å². The molecule has 0 radical (unpaired) electrons. The van der Waals surface area contributed by atoms with Gasteiger partial charge in [-0.3, -0.25) is 13.9 Å². The predicted octanol–water partition coefficient (Wildman–Crippen LogP) is 4.74. The van der Waals surface area contributed by atoms with Crippen LogP contribution in [0.2, 0.25) is 5.02 Å². The van der Waals surface area contributed by atoms with Crippen molar-refractivity contribution in [2.45, 2.75) is 17.7 Å². The highest BCUT2D eigenvalue weighted by atomic mass is 35.5. The van der Waals surface area contributed by atoms with Gasteiger partial charge in [-0.05, 0) is 61.5 Å². The molecule has 0 spiro atoms. The maximum Gasteiger partial charge on any atom is 0.285 e. The largest absolute Gasteiger partial charge is 0.493 e. The van der Waals surface area contributed by atoms with E-state index in [0.717, 1.165) is 23.0 Å². The number of aromatic amines is 1. The van der Waals surface area contributed by atoms with Gasteiger partial charge in [-0.2, -0.15) is 0 Å². The first-order chi connectivity index (χ1) is 20.6. The Kier molecular flexibility index (Phi) is 9.09. The molecular formula is C30H31ClN6O5S. The van der Waals surface area contributed by atoms with Gasteiger partial charge in [0.15, 0.2) is 5.69 Å². The van der Waals surface area contributed by atoms with Crippen molar-refractivity contribution in [1.82, 2.24) is 14.8 Å². The Bertz CT molecular complexity index is 1750. The topological polar surface area (TPSA) is 139 Å². The van der Waals surface area contributed by atoms with E-state index in [0.29, 0.717) is 41.9 Å². The Balaban J connectivity index is 1.32. The molecule has 1 saturated heterocycles. The number of carbonyl (C=O) groups is 2. The third-order valence-corrected chi connectivity index (χ3v) is 9.35. The second-order valence-electron chi connectivity index (χ2n) is 10.3. The van der Waals surface area contributed by atoms with E-state index in [9.17, 15) is 23.1 Å². The van der Waals surface area contributed by atoms with E-state index in [-0.39, 0.29) is 28.1 Å². The molecule has 13 heteroatoms. The SMILES string of the molecule is CN1CCN(C(=O)CCc2ccc(S(=O)(=O)N(CC(=O)N=Nc3c(O)[nH]c4ccccc34)c3ccc(Cl)cc3)cc2)CC1. The van der Waals surface area contributed by atoms with Crippen molar-refractivity contribution in [2.75, 3.05) is 44.1 Å². The molecule has 0 unspecified atom stereocenters. The number of aromatic hydroxyl groups is 1. The van der Waals surface area contributed by atoms with Crippen molar-refractivity contribution in [3.63, 3.8) is 0 Å². The maximum absolute atomic E-state index is 13.8. The van der Waals surface area contributed by atoms with Gasteiger partial charge < -0.3 is 19.9 Å². The Labute approximate surface area is 254 Å². The van der Waals surface area contributed by atoms with Crippen molar-refractivity contribution in [1.29, 1.82) is 0 Å². The van der Waals surface area contributed by atoms with Gasteiger partial charge in [-0.1, -0.05) is 41.9 Å². The minimum absolute atomic E-state index is 0.0318. The number of para-hydroxylation sites is 1. The number of aromatic nitrogens is 1. The number of likely N-dealkylation sites (N-methyl/N-ethyl adjacent to an activating group) is 1. The first kappa shape index (κ1) is 30.2. The number of halogens is 1. The number of hydrogen-bond acceptors (Lipinski definition) is 7. The monoisotopic (exact) mass is 622 g/mol. The summed E-state index contributed by atoms with van der Waals surface area (Å²) in [5.41, 5.74) is 1.72. The number of aryl methyl sites for hydroxylation is 1. The van der Waals surface area contributed by atoms with Gasteiger partial charge in [-0.15, -0.1) is 10.2 Å². The normalized spacial score (nSPS) is 14.4. The average Bonchev–Trinajstić information content (AvgIpc) is 3.33. The van der Waals surface area contributed by atoms with Crippen LogP contribution in [0.25, 0.3) is 10.9 Å². The number of nitrogens with zero attached hydrogens (tertiary/aromatic N) is 5. The maximum atomic E-state index is 13.8. The highest BCUT2D eigenvalue weighted by molar-refractivity contribution is 7.92. The van der Waals surface area contributed by atoms with E-state index < -0.39 is 22.5 Å². The summed E-state index contributed by atoms with van der Waals surface area (Å²) >= 11 is 6.02. The lowest BCUT2D eigenvalue weighted by Crippen LogP contribution is -2.47. The molecule has 2 N–H and O–H groups in total. The Morgan fingerprint density at radius 2 is 1.65 bits per heavy atom. The van der Waals surface area contributed by atoms with E-state index >= 15 is 0 Å². The van der Waals surface area contributed by atoms with Crippen LogP contribution in [0.3, 0.4) is 0 Å². The van der Waals surface area contributed by atoms with E-state index in [1.807, 2.05) is 11.9 Å². The van der Waals surface area contributed by atoms with Crippen LogP contribution < -0.4 is 4.31 Å². The summed E-state index contributed by atoms with van der Waals surface area (Å²) in [6.07, 6.45) is 0.810. The number of azo groups is 1. The Morgan fingerprint density at radius 3 is 2.35 bits per heavy atom. The first-order valence-electron chi connectivity index (χ1n) is 13.7. The Hall–Kier alpha value is -4.26. The van der Waals surface area contributed by atoms with Crippen molar-refractivity contribution >= 4 is 55.7 Å². The number of carbonyl (C=O) groups excluding carboxylic acids is 2. The van der Waals surface area contributed by atoms with Crippen molar-refractivity contribution in [3.8, 4) is 5.88 Å². The molecule has 1 aliphatic heterocycles. The number of fused-ring (bicyclic) bond motifs is 1. The molecule has 0 aliphatic carbocycles. The first-order valence-corrected chi connectivity index (χ1v) is 15.5. The van der Waals surface area contributed by atoms with E-state index in [1.54, 1.807) is 36.4 Å². The summed E-state index contributed by atoms with van der Waals surface area (Å²) < 4.78 is 28.5. The van der Waals surface area contributed by atoms with E-state index in [4.69, 9.17) is 11.6 Å². The van der Waals surface area contributed by atoms with Crippen LogP contribution in [0, 0.1) is 0 Å². The fraction of sp³-hybridized carbons (Fsp3) is 0.267. The van der Waals surface area contributed by atoms with Crippen LogP contribution >= 0.6 is 11.6 Å². The van der Waals surface area contributed by atoms with Gasteiger partial charge >= 0.3 is 0 Å². The highest BCUT2D eigenvalue weighted by Crippen LogP contribution is 2.35. The van der Waals surface area contributed by atoms with Crippen LogP contribution in [0.4, 0.5) is 11.4 Å². The summed E-state index contributed by atoms with van der Waals surface area (Å²) in [7, 11) is -2.18. The van der Waals surface area contributed by atoms with Crippen molar-refractivity contribution in [2.24, 2.45) is 10.2 Å². The highest BCUT2D eigenvalue weighted by Gasteiger charge is 2.28. The minimum Gasteiger partial charge on any atom is -0.493 e. The number of sulfonamides is 1. The molecule has 0 atom stereocenters. The third-order valence-electron chi connectivity index (χ3n) is 7.31. The lowest BCUT2D eigenvalue weighted by atomic mass is 10.1. The molecule has 1 aliphatic rings. The molecule has 1 fully saturated rings. The molecule has 1 aromatic heterocycles. The predicted molar refractivity (Wildman–Crippen MR) is 164 cm³/mol. The summed E-state index contributed by atoms with van der Waals surface area (Å²) in [4.78, 5) is 32.3. The smallest absolute Gasteiger partial charge is 0.285 e. The third kappa shape index (κ3) is 7.04. The number of hydrogen-bond donors (Lipinski definition) is 2. The number of amides is 2. The van der Waals surface area contributed by atoms with Gasteiger partial charge in [0.1, 0.15) is 6.54 Å². The molecule has 11 nitrogen and oxygen atoms in total. The summed E-state index contributed by atoms with van der Waals surface area (Å²) in [5, 5.41) is 18.8. The van der Waals surface area contributed by atoms with E-state index in [2.05, 4.69) is 20.1 Å². The zero-order chi connectivity index (χ0) is 30.6. The number of nitrogens with one attached hydrogen (secondary N) is 1. The van der Waals surface area contributed by atoms with Gasteiger partial charge in [0.05, 0.1) is 16.1 Å². The zero-order valence-electron chi connectivity index (χ0n) is 23.5. The van der Waals surface area contributed by atoms with Gasteiger partial charge in [0, 0.05) is 43.0 Å². The number of anilines is 1. The van der Waals surface area contributed by atoms with Gasteiger partial charge in [-0.25, -0.2) is 8.42 Å². The molecule has 224 valence electrons. The summed E-state index contributed by atoms with van der Waals surface area (Å²) in [5.74, 6) is -1.03. The lowest BCUT2D eigenvalue weighted by Gasteiger charge is -2.32. The molecule has 3 aromatic carbocycles. The molecule has 0 bridgehead atoms. The Morgan fingerprint density at radius 1 is 0.977 bits per heavy atom. The van der Waals surface area contributed by atoms with Crippen molar-refractivity contribution < 1.29 is 23.1 Å². The zero-order valence-corrected chi connectivity index (χ0v) is 25.1. The standard InChI is InChI=1S/C30H31ClN6O5S/c1-35-16-18-36(19-17-35)28(39)15-8-21-6-13-24(14-7-21)43(41,42)37(23-11-9-22(31)10-12-23)20-27(38)33-34-29-25-4-2-3-5-26(25)32-30(29)40/h2-7,9-14,32,40H,8,15-20H2,1H3. The van der Waals surface area contributed by atoms with Gasteiger partial charge in [0.2, 0.25) is 11.8 Å². The van der Waals surface area contributed by atoms with Crippen LogP contribution in [0.1, 0.15) is 12.0 Å². The average molecular weight is 623 g/mol. The van der Waals surface area contributed by atoms with Crippen LogP contribution in [-0.2, 0) is 26.0 Å². The van der Waals surface area contributed by atoms with Crippen LogP contribution in [0.5, 0.6) is 5.88 Å². The van der Waals surface area contributed by atoms with Crippen molar-refractivity contribution in [3.05, 3.63) is 83.4 Å². The summed E-state index contributed by atoms with van der Waals surface area (Å²) in [6.45, 7) is 2.45. The molecule has 2 amide bonds. The minimum atomic E-state index is -4.22. The lowest BCUT2D eigenvalue weighted by molar-refractivity contribution is -0.132. The number of piperazine rings is 1. The molecule has 2 heterocycles. The van der Waals surface area contributed by atoms with E-state index in [1.165, 1.54) is 36.4 Å². The number of benzene rings is 3. The number of rotatable bonds is 9. The molecule has 0 saturated carbocycles. The van der Waals surface area contributed by atoms with Gasteiger partial charge in [0.25, 0.3) is 15.9 Å². The quantitative estimate of drug-likeness (QED) is 0.259.